The Labute approximate surface area is 122 Å². The molecular weight excluding hydrogens is 277 g/mol. The van der Waals surface area contributed by atoms with Crippen molar-refractivity contribution < 1.29 is 4.39 Å². The maximum absolute atomic E-state index is 13.8. The van der Waals surface area contributed by atoms with Gasteiger partial charge in [0.2, 0.25) is 0 Å². The molecule has 0 unspecified atom stereocenters. The Morgan fingerprint density at radius 3 is 2.45 bits per heavy atom. The topological polar surface area (TPSA) is 43.8 Å². The molecule has 0 fully saturated rings. The molecule has 0 amide bonds. The maximum Gasteiger partial charge on any atom is 0.150 e. The monoisotopic (exact) mass is 289 g/mol. The highest BCUT2D eigenvalue weighted by atomic mass is 35.5. The van der Waals surface area contributed by atoms with Crippen LogP contribution < -0.4 is 5.73 Å². The van der Waals surface area contributed by atoms with E-state index in [2.05, 4.69) is 5.10 Å². The van der Waals surface area contributed by atoms with Crippen LogP contribution in [0, 0.1) is 5.82 Å². The van der Waals surface area contributed by atoms with Gasteiger partial charge >= 0.3 is 0 Å². The summed E-state index contributed by atoms with van der Waals surface area (Å²) < 4.78 is 15.3. The van der Waals surface area contributed by atoms with E-state index in [1.807, 2.05) is 36.4 Å². The predicted octanol–water partition coefficient (Wildman–Crippen LogP) is 3.68. The molecule has 0 aliphatic rings. The number of nitrogen functional groups attached to an aromatic ring is 1. The minimum Gasteiger partial charge on any atom is -0.399 e. The second kappa shape index (κ2) is 5.75. The molecule has 3 nitrogen and oxygen atoms in total. The number of hydrogen-bond acceptors (Lipinski definition) is 2. The lowest BCUT2D eigenvalue weighted by atomic mass is 10.2. The number of halogens is 2. The van der Waals surface area contributed by atoms with Gasteiger partial charge in [-0.1, -0.05) is 30.3 Å². The van der Waals surface area contributed by atoms with Gasteiger partial charge in [0, 0.05) is 17.4 Å². The number of aromatic nitrogens is 2. The average molecular weight is 290 g/mol. The molecule has 2 aromatic carbocycles. The van der Waals surface area contributed by atoms with Crippen molar-refractivity contribution in [2.45, 2.75) is 0 Å². The van der Waals surface area contributed by atoms with E-state index < -0.39 is 0 Å². The smallest absolute Gasteiger partial charge is 0.150 e. The Kier molecular flexibility index (Phi) is 4.05. The van der Waals surface area contributed by atoms with Gasteiger partial charge in [0.25, 0.3) is 0 Å². The highest BCUT2D eigenvalue weighted by Crippen LogP contribution is 2.20. The lowest BCUT2D eigenvalue weighted by Crippen LogP contribution is -1.99. The summed E-state index contributed by atoms with van der Waals surface area (Å²) in [4.78, 5) is 0. The van der Waals surface area contributed by atoms with Crippen molar-refractivity contribution in [1.29, 1.82) is 0 Å². The van der Waals surface area contributed by atoms with Crippen LogP contribution in [0.5, 0.6) is 0 Å². The molecule has 0 bridgehead atoms. The molecule has 0 spiro atoms. The fraction of sp³-hybridized carbons (Fsp3) is 0. The van der Waals surface area contributed by atoms with Gasteiger partial charge in [-0.15, -0.1) is 12.4 Å². The first-order chi connectivity index (χ1) is 9.24. The zero-order chi connectivity index (χ0) is 13.2. The van der Waals surface area contributed by atoms with Gasteiger partial charge in [0.05, 0.1) is 5.69 Å². The molecule has 20 heavy (non-hydrogen) atoms. The largest absolute Gasteiger partial charge is 0.399 e. The molecule has 0 aliphatic heterocycles. The van der Waals surface area contributed by atoms with Crippen LogP contribution in [0.4, 0.5) is 10.1 Å². The highest BCUT2D eigenvalue weighted by molar-refractivity contribution is 5.85. The zero-order valence-electron chi connectivity index (χ0n) is 10.5. The lowest BCUT2D eigenvalue weighted by molar-refractivity contribution is 0.612. The van der Waals surface area contributed by atoms with Crippen molar-refractivity contribution in [1.82, 2.24) is 9.78 Å². The van der Waals surface area contributed by atoms with Crippen LogP contribution >= 0.6 is 12.4 Å². The van der Waals surface area contributed by atoms with Crippen molar-refractivity contribution in [3.8, 4) is 16.9 Å². The van der Waals surface area contributed by atoms with E-state index in [4.69, 9.17) is 5.73 Å². The molecule has 102 valence electrons. The summed E-state index contributed by atoms with van der Waals surface area (Å²) in [5, 5.41) is 4.38. The molecule has 3 rings (SSSR count). The van der Waals surface area contributed by atoms with Gasteiger partial charge in [0.15, 0.2) is 5.82 Å². The summed E-state index contributed by atoms with van der Waals surface area (Å²) in [5.74, 6) is -0.386. The first kappa shape index (κ1) is 14.1. The second-order valence-corrected chi connectivity index (χ2v) is 4.22. The standard InChI is InChI=1S/C15H12FN3.ClH/c16-13-10-12(17)6-7-15(13)19-9-8-14(18-19)11-4-2-1-3-5-11;/h1-10H,17H2;1H. The Bertz CT molecular complexity index is 710. The molecule has 0 saturated carbocycles. The SMILES string of the molecule is Cl.Nc1ccc(-n2ccc(-c3ccccc3)n2)c(F)c1. The Morgan fingerprint density at radius 1 is 1.00 bits per heavy atom. The molecule has 2 N–H and O–H groups in total. The van der Waals surface area contributed by atoms with Crippen molar-refractivity contribution in [3.05, 3.63) is 66.6 Å². The normalized spacial score (nSPS) is 10.1. The molecule has 5 heteroatoms. The summed E-state index contributed by atoms with van der Waals surface area (Å²) in [6.45, 7) is 0. The van der Waals surface area contributed by atoms with E-state index in [0.29, 0.717) is 11.4 Å². The quantitative estimate of drug-likeness (QED) is 0.731. The summed E-state index contributed by atoms with van der Waals surface area (Å²) in [6, 6.07) is 16.2. The highest BCUT2D eigenvalue weighted by Gasteiger charge is 2.07. The van der Waals surface area contributed by atoms with E-state index in [9.17, 15) is 4.39 Å². The van der Waals surface area contributed by atoms with Crippen LogP contribution in [0.3, 0.4) is 0 Å². The van der Waals surface area contributed by atoms with Crippen LogP contribution in [0.15, 0.2) is 60.8 Å². The Morgan fingerprint density at radius 2 is 1.75 bits per heavy atom. The van der Waals surface area contributed by atoms with Crippen molar-refractivity contribution in [2.24, 2.45) is 0 Å². The third kappa shape index (κ3) is 2.65. The first-order valence-electron chi connectivity index (χ1n) is 5.90. The Balaban J connectivity index is 0.00000147. The van der Waals surface area contributed by atoms with E-state index in [0.717, 1.165) is 11.3 Å². The van der Waals surface area contributed by atoms with Gasteiger partial charge in [0.1, 0.15) is 5.69 Å². The molecule has 0 aliphatic carbocycles. The van der Waals surface area contributed by atoms with Crippen LogP contribution in [0.2, 0.25) is 0 Å². The third-order valence-electron chi connectivity index (χ3n) is 2.88. The second-order valence-electron chi connectivity index (χ2n) is 4.22. The number of benzene rings is 2. The molecule has 0 saturated heterocycles. The van der Waals surface area contributed by atoms with Gasteiger partial charge in [-0.2, -0.15) is 5.10 Å². The van der Waals surface area contributed by atoms with Crippen LogP contribution in [0.1, 0.15) is 0 Å². The minimum atomic E-state index is -0.386. The van der Waals surface area contributed by atoms with Crippen LogP contribution in [0.25, 0.3) is 16.9 Å². The van der Waals surface area contributed by atoms with Gasteiger partial charge in [-0.3, -0.25) is 0 Å². The number of rotatable bonds is 2. The van der Waals surface area contributed by atoms with E-state index in [1.54, 1.807) is 18.3 Å². The third-order valence-corrected chi connectivity index (χ3v) is 2.88. The average Bonchev–Trinajstić information content (AvgIpc) is 2.89. The van der Waals surface area contributed by atoms with Crippen molar-refractivity contribution in [2.75, 3.05) is 5.73 Å². The summed E-state index contributed by atoms with van der Waals surface area (Å²) >= 11 is 0. The van der Waals surface area contributed by atoms with Crippen LogP contribution in [-0.2, 0) is 0 Å². The molecule has 1 heterocycles. The van der Waals surface area contributed by atoms with E-state index in [1.165, 1.54) is 10.7 Å². The first-order valence-corrected chi connectivity index (χ1v) is 5.90. The minimum absolute atomic E-state index is 0. The van der Waals surface area contributed by atoms with Crippen molar-refractivity contribution in [3.63, 3.8) is 0 Å². The number of nitrogens with two attached hydrogens (primary N) is 1. The predicted molar refractivity (Wildman–Crippen MR) is 80.6 cm³/mol. The molecule has 3 aromatic rings. The Hall–Kier alpha value is -2.33. The van der Waals surface area contributed by atoms with Gasteiger partial charge < -0.3 is 5.73 Å². The molecule has 0 atom stereocenters. The maximum atomic E-state index is 13.8. The fourth-order valence-electron chi connectivity index (χ4n) is 1.93. The van der Waals surface area contributed by atoms with Crippen LogP contribution in [-0.4, -0.2) is 9.78 Å². The summed E-state index contributed by atoms with van der Waals surface area (Å²) in [7, 11) is 0. The zero-order valence-corrected chi connectivity index (χ0v) is 11.3. The summed E-state index contributed by atoms with van der Waals surface area (Å²) in [5.41, 5.74) is 8.12. The van der Waals surface area contributed by atoms with Gasteiger partial charge in [-0.05, 0) is 24.3 Å². The lowest BCUT2D eigenvalue weighted by Gasteiger charge is -2.04. The molecule has 0 radical (unpaired) electrons. The number of anilines is 1. The summed E-state index contributed by atoms with van der Waals surface area (Å²) in [6.07, 6.45) is 1.73. The van der Waals surface area contributed by atoms with Crippen molar-refractivity contribution >= 4 is 18.1 Å². The van der Waals surface area contributed by atoms with Gasteiger partial charge in [-0.25, -0.2) is 9.07 Å². The van der Waals surface area contributed by atoms with E-state index >= 15 is 0 Å². The molecular formula is C15H13ClFN3. The van der Waals surface area contributed by atoms with E-state index in [-0.39, 0.29) is 18.2 Å². The molecule has 1 aromatic heterocycles. The number of hydrogen-bond donors (Lipinski definition) is 1. The fourth-order valence-corrected chi connectivity index (χ4v) is 1.93. The number of nitrogens with zero attached hydrogens (tertiary/aromatic N) is 2.